The summed E-state index contributed by atoms with van der Waals surface area (Å²) in [4.78, 5) is 29.3. The van der Waals surface area contributed by atoms with Crippen LogP contribution in [0, 0.1) is 0 Å². The van der Waals surface area contributed by atoms with E-state index in [1.165, 1.54) is 0 Å². The second kappa shape index (κ2) is 12.9. The van der Waals surface area contributed by atoms with Crippen LogP contribution in [0.1, 0.15) is 5.71 Å². The van der Waals surface area contributed by atoms with Crippen molar-refractivity contribution in [1.29, 1.82) is 0 Å². The molecular formula is H9ClLi2MgO4Si. The predicted molar refractivity (Wildman–Crippen MR) is 32.1 cm³/mol. The van der Waals surface area contributed by atoms with Crippen molar-refractivity contribution < 1.29 is 62.6 Å². The van der Waals surface area contributed by atoms with Crippen LogP contribution >= 0.6 is 12.4 Å². The molecule has 9 heteroatoms. The average Bonchev–Trinajstić information content (AvgIpc) is 0.722. The van der Waals surface area contributed by atoms with E-state index in [0.717, 1.165) is 0 Å². The van der Waals surface area contributed by atoms with Crippen LogP contribution in [0.5, 0.6) is 0 Å². The quantitative estimate of drug-likeness (QED) is 0.275. The Hall–Kier alpha value is 2.31. The second-order valence-corrected chi connectivity index (χ2v) is 1.80. The van der Waals surface area contributed by atoms with Gasteiger partial charge in [-0.25, -0.2) is 0 Å². The first kappa shape index (κ1) is 30.2. The first-order chi connectivity index (χ1) is 2.00. The summed E-state index contributed by atoms with van der Waals surface area (Å²) in [5.74, 6) is 0. The third-order valence-electron chi connectivity index (χ3n) is 0. The SMILES string of the molecule is Cl.O[Si](O)(O)O.[H-].[H-].[H-].[H-].[Li+].[Li+].[Mg+2]. The monoisotopic (exact) mass is 174 g/mol. The van der Waals surface area contributed by atoms with Crippen LogP contribution in [0.4, 0.5) is 0 Å². The van der Waals surface area contributed by atoms with E-state index >= 15 is 0 Å². The maximum Gasteiger partial charge on any atom is 2.00 e. The minimum Gasteiger partial charge on any atom is -1.00 e. The van der Waals surface area contributed by atoms with Crippen molar-refractivity contribution >= 4 is 44.5 Å². The van der Waals surface area contributed by atoms with Gasteiger partial charge in [0.25, 0.3) is 0 Å². The van der Waals surface area contributed by atoms with Gasteiger partial charge in [0.15, 0.2) is 0 Å². The molecule has 0 saturated carbocycles. The summed E-state index contributed by atoms with van der Waals surface area (Å²) in [5.41, 5.74) is 0. The average molecular weight is 175 g/mol. The van der Waals surface area contributed by atoms with Gasteiger partial charge in [0.1, 0.15) is 0 Å². The van der Waals surface area contributed by atoms with Gasteiger partial charge in [0, 0.05) is 0 Å². The van der Waals surface area contributed by atoms with Crippen LogP contribution in [0.15, 0.2) is 0 Å². The molecule has 0 saturated heterocycles. The van der Waals surface area contributed by atoms with E-state index in [9.17, 15) is 0 Å². The van der Waals surface area contributed by atoms with Gasteiger partial charge in [-0.05, 0) is 0 Å². The summed E-state index contributed by atoms with van der Waals surface area (Å²) in [5, 5.41) is 0. The maximum absolute atomic E-state index is 7.33. The zero-order valence-corrected chi connectivity index (χ0v) is 8.63. The Morgan fingerprint density at radius 1 is 0.889 bits per heavy atom. The molecule has 0 aliphatic rings. The van der Waals surface area contributed by atoms with Crippen LogP contribution in [-0.4, -0.2) is 51.3 Å². The smallest absolute Gasteiger partial charge is 1.00 e. The molecular weight excluding hydrogens is 166 g/mol. The molecule has 0 bridgehead atoms. The maximum atomic E-state index is 7.33. The van der Waals surface area contributed by atoms with Gasteiger partial charge >= 0.3 is 69.8 Å². The van der Waals surface area contributed by atoms with E-state index < -0.39 is 9.05 Å². The van der Waals surface area contributed by atoms with Gasteiger partial charge in [0.2, 0.25) is 0 Å². The van der Waals surface area contributed by atoms with E-state index in [4.69, 9.17) is 19.2 Å². The Labute approximate surface area is 106 Å². The summed E-state index contributed by atoms with van der Waals surface area (Å²) in [6.07, 6.45) is 0. The fourth-order valence-corrected chi connectivity index (χ4v) is 0. The van der Waals surface area contributed by atoms with Crippen LogP contribution in [-0.2, 0) is 0 Å². The van der Waals surface area contributed by atoms with Gasteiger partial charge in [0.05, 0.1) is 0 Å². The molecule has 0 radical (unpaired) electrons. The summed E-state index contributed by atoms with van der Waals surface area (Å²) in [6.45, 7) is 0. The largest absolute Gasteiger partial charge is 2.00 e. The van der Waals surface area contributed by atoms with Crippen LogP contribution in [0.2, 0.25) is 0 Å². The molecule has 9 heavy (non-hydrogen) atoms. The molecule has 0 aromatic carbocycles. The fourth-order valence-electron chi connectivity index (χ4n) is 0. The molecule has 0 aromatic rings. The zero-order chi connectivity index (χ0) is 4.50. The first-order valence-electron chi connectivity index (χ1n) is 0.894. The Bertz CT molecular complexity index is 45.6. The summed E-state index contributed by atoms with van der Waals surface area (Å²) in [7, 11) is -4.61. The molecule has 4 N–H and O–H groups in total. The third-order valence-corrected chi connectivity index (χ3v) is 0. The molecule has 0 unspecified atom stereocenters. The van der Waals surface area contributed by atoms with Gasteiger partial charge in [-0.3, -0.25) is 0 Å². The predicted octanol–water partition coefficient (Wildman–Crippen LogP) is -8.11. The molecule has 0 aliphatic carbocycles. The number of rotatable bonds is 0. The Kier molecular flexibility index (Phi) is 43.4. The second-order valence-electron chi connectivity index (χ2n) is 0.600. The minimum atomic E-state index is -4.61. The van der Waals surface area contributed by atoms with Crippen molar-refractivity contribution in [2.75, 3.05) is 0 Å². The molecule has 0 heterocycles. The Balaban J connectivity index is -0.00000000286. The standard InChI is InChI=1S/ClH.2Li.Mg.H4O4Si.4H/c;;;;1-5(2,3)4;;;;/h1H;;;;1-4H;;;;/q;2*+1;+2;;4*-1. The van der Waals surface area contributed by atoms with Crippen LogP contribution < -0.4 is 37.7 Å². The fraction of sp³-hybridized carbons (Fsp3) is 0. The number of halogens is 1. The van der Waals surface area contributed by atoms with Crippen LogP contribution in [0.25, 0.3) is 0 Å². The topological polar surface area (TPSA) is 80.9 Å². The molecule has 0 aliphatic heterocycles. The van der Waals surface area contributed by atoms with E-state index in [-0.39, 0.29) is 78.9 Å². The zero-order valence-electron chi connectivity index (χ0n) is 9.40. The van der Waals surface area contributed by atoms with Crippen molar-refractivity contribution in [3.8, 4) is 0 Å². The van der Waals surface area contributed by atoms with Gasteiger partial charge < -0.3 is 24.9 Å². The summed E-state index contributed by atoms with van der Waals surface area (Å²) in [6, 6.07) is 0. The van der Waals surface area contributed by atoms with Gasteiger partial charge in [-0.1, -0.05) is 0 Å². The minimum absolute atomic E-state index is 0. The molecule has 0 atom stereocenters. The van der Waals surface area contributed by atoms with E-state index in [1.807, 2.05) is 0 Å². The molecule has 0 spiro atoms. The Morgan fingerprint density at radius 2 is 0.889 bits per heavy atom. The molecule has 0 aromatic heterocycles. The molecule has 0 fully saturated rings. The summed E-state index contributed by atoms with van der Waals surface area (Å²) < 4.78 is 0. The van der Waals surface area contributed by atoms with Crippen molar-refractivity contribution in [3.63, 3.8) is 0 Å². The Morgan fingerprint density at radius 3 is 0.889 bits per heavy atom. The van der Waals surface area contributed by atoms with Gasteiger partial charge in [-0.2, -0.15) is 0 Å². The third kappa shape index (κ3) is 134. The normalized spacial score (nSPS) is 6.67. The number of hydrogen-bond donors (Lipinski definition) is 4. The van der Waals surface area contributed by atoms with E-state index in [1.54, 1.807) is 0 Å². The van der Waals surface area contributed by atoms with Crippen molar-refractivity contribution in [2.45, 2.75) is 0 Å². The van der Waals surface area contributed by atoms with Crippen molar-refractivity contribution in [3.05, 3.63) is 0 Å². The molecule has 4 nitrogen and oxygen atoms in total. The van der Waals surface area contributed by atoms with Crippen molar-refractivity contribution in [2.24, 2.45) is 0 Å². The number of hydrogen-bond acceptors (Lipinski definition) is 4. The van der Waals surface area contributed by atoms with Gasteiger partial charge in [-0.15, -0.1) is 12.4 Å². The molecule has 0 amide bonds. The van der Waals surface area contributed by atoms with Crippen LogP contribution in [0.3, 0.4) is 0 Å². The van der Waals surface area contributed by atoms with Crippen molar-refractivity contribution in [1.82, 2.24) is 0 Å². The molecule has 48 valence electrons. The molecule has 0 rings (SSSR count). The van der Waals surface area contributed by atoms with E-state index in [2.05, 4.69) is 0 Å². The summed E-state index contributed by atoms with van der Waals surface area (Å²) >= 11 is 0. The van der Waals surface area contributed by atoms with E-state index in [0.29, 0.717) is 0 Å². The first-order valence-corrected chi connectivity index (χ1v) is 2.68.